The summed E-state index contributed by atoms with van der Waals surface area (Å²) in [5.74, 6) is 1.37. The van der Waals surface area contributed by atoms with E-state index in [1.165, 1.54) is 0 Å². The summed E-state index contributed by atoms with van der Waals surface area (Å²) in [6, 6.07) is 11.5. The van der Waals surface area contributed by atoms with Gasteiger partial charge in [0.15, 0.2) is 11.5 Å². The van der Waals surface area contributed by atoms with Gasteiger partial charge in [0.25, 0.3) is 0 Å². The minimum absolute atomic E-state index is 0.0598. The van der Waals surface area contributed by atoms with Gasteiger partial charge in [0.1, 0.15) is 5.82 Å². The zero-order chi connectivity index (χ0) is 20.8. The summed E-state index contributed by atoms with van der Waals surface area (Å²) < 4.78 is 7.08. The van der Waals surface area contributed by atoms with Crippen molar-refractivity contribution in [2.45, 2.75) is 19.8 Å². The van der Waals surface area contributed by atoms with Gasteiger partial charge in [-0.25, -0.2) is 0 Å². The number of hydrogen-bond donors (Lipinski definition) is 2. The molecule has 9 nitrogen and oxygen atoms in total. The minimum Gasteiger partial charge on any atom is -0.379 e. The largest absolute Gasteiger partial charge is 0.379 e. The van der Waals surface area contributed by atoms with Crippen LogP contribution in [0.5, 0.6) is 0 Å². The van der Waals surface area contributed by atoms with Crippen LogP contribution in [0.1, 0.15) is 17.8 Å². The zero-order valence-corrected chi connectivity index (χ0v) is 17.2. The average Bonchev–Trinajstić information content (AvgIpc) is 3.17. The molecule has 0 unspecified atom stereocenters. The van der Waals surface area contributed by atoms with Crippen molar-refractivity contribution in [3.63, 3.8) is 0 Å². The quantitative estimate of drug-likeness (QED) is 0.585. The SMILES string of the molecule is Cc1ccc(NC(=O)CCc2nnc3ccc(NCCN4CCOCC4)nn23)cc1. The van der Waals surface area contributed by atoms with E-state index in [4.69, 9.17) is 4.74 Å². The highest BCUT2D eigenvalue weighted by atomic mass is 16.5. The van der Waals surface area contributed by atoms with E-state index in [9.17, 15) is 4.79 Å². The molecule has 3 heterocycles. The first-order valence-electron chi connectivity index (χ1n) is 10.3. The highest BCUT2D eigenvalue weighted by Crippen LogP contribution is 2.11. The molecule has 0 radical (unpaired) electrons. The lowest BCUT2D eigenvalue weighted by atomic mass is 10.2. The second kappa shape index (κ2) is 9.64. The Kier molecular flexibility index (Phi) is 6.50. The molecule has 158 valence electrons. The van der Waals surface area contributed by atoms with E-state index in [-0.39, 0.29) is 5.91 Å². The van der Waals surface area contributed by atoms with Crippen LogP contribution in [-0.2, 0) is 16.0 Å². The molecule has 1 amide bonds. The van der Waals surface area contributed by atoms with Crippen molar-refractivity contribution in [3.8, 4) is 0 Å². The average molecular weight is 409 g/mol. The number of aromatic nitrogens is 4. The second-order valence-corrected chi connectivity index (χ2v) is 7.40. The number of amides is 1. The van der Waals surface area contributed by atoms with Crippen LogP contribution in [0.4, 0.5) is 11.5 Å². The number of hydrogen-bond acceptors (Lipinski definition) is 7. The first-order valence-corrected chi connectivity index (χ1v) is 10.3. The van der Waals surface area contributed by atoms with Crippen molar-refractivity contribution in [2.24, 2.45) is 0 Å². The second-order valence-electron chi connectivity index (χ2n) is 7.40. The van der Waals surface area contributed by atoms with Gasteiger partial charge in [-0.15, -0.1) is 15.3 Å². The maximum absolute atomic E-state index is 12.3. The molecule has 0 spiro atoms. The molecule has 4 rings (SSSR count). The van der Waals surface area contributed by atoms with Gasteiger partial charge in [-0.1, -0.05) is 17.7 Å². The van der Waals surface area contributed by atoms with Gasteiger partial charge < -0.3 is 15.4 Å². The molecule has 30 heavy (non-hydrogen) atoms. The Morgan fingerprint density at radius 2 is 1.90 bits per heavy atom. The molecule has 0 aliphatic carbocycles. The van der Waals surface area contributed by atoms with Gasteiger partial charge in [0.2, 0.25) is 5.91 Å². The van der Waals surface area contributed by atoms with Crippen molar-refractivity contribution < 1.29 is 9.53 Å². The van der Waals surface area contributed by atoms with Gasteiger partial charge >= 0.3 is 0 Å². The van der Waals surface area contributed by atoms with E-state index >= 15 is 0 Å². The van der Waals surface area contributed by atoms with Crippen LogP contribution in [0.2, 0.25) is 0 Å². The predicted molar refractivity (Wildman–Crippen MR) is 115 cm³/mol. The van der Waals surface area contributed by atoms with E-state index < -0.39 is 0 Å². The minimum atomic E-state index is -0.0598. The molecular weight excluding hydrogens is 382 g/mol. The number of rotatable bonds is 8. The Morgan fingerprint density at radius 3 is 2.70 bits per heavy atom. The van der Waals surface area contributed by atoms with Crippen LogP contribution in [0.3, 0.4) is 0 Å². The topological polar surface area (TPSA) is 96.7 Å². The van der Waals surface area contributed by atoms with Crippen LogP contribution in [-0.4, -0.2) is 70.0 Å². The molecular formula is C21H27N7O2. The Morgan fingerprint density at radius 1 is 1.10 bits per heavy atom. The number of aryl methyl sites for hydroxylation is 2. The van der Waals surface area contributed by atoms with Crippen LogP contribution < -0.4 is 10.6 Å². The number of benzene rings is 1. The number of carbonyl (C=O) groups excluding carboxylic acids is 1. The number of fused-ring (bicyclic) bond motifs is 1. The van der Waals surface area contributed by atoms with Crippen LogP contribution in [0.25, 0.3) is 5.65 Å². The number of anilines is 2. The molecule has 0 atom stereocenters. The molecule has 3 aromatic rings. The summed E-state index contributed by atoms with van der Waals surface area (Å²) in [5, 5.41) is 19.2. The van der Waals surface area contributed by atoms with Crippen molar-refractivity contribution >= 4 is 23.1 Å². The summed E-state index contributed by atoms with van der Waals surface area (Å²) in [4.78, 5) is 14.6. The van der Waals surface area contributed by atoms with E-state index in [2.05, 4.69) is 30.8 Å². The van der Waals surface area contributed by atoms with Crippen molar-refractivity contribution in [3.05, 3.63) is 47.8 Å². The first kappa shape index (κ1) is 20.2. The molecule has 2 aromatic heterocycles. The Balaban J connectivity index is 1.31. The highest BCUT2D eigenvalue weighted by molar-refractivity contribution is 5.90. The van der Waals surface area contributed by atoms with E-state index in [0.717, 1.165) is 56.5 Å². The smallest absolute Gasteiger partial charge is 0.224 e. The van der Waals surface area contributed by atoms with Crippen molar-refractivity contribution in [2.75, 3.05) is 50.0 Å². The molecule has 1 saturated heterocycles. The standard InChI is InChI=1S/C21H27N7O2/c1-16-2-4-17(5-3-16)23-21(29)9-8-20-25-24-19-7-6-18(26-28(19)20)22-10-11-27-12-14-30-15-13-27/h2-7H,8-15H2,1H3,(H,22,26)(H,23,29). The van der Waals surface area contributed by atoms with Gasteiger partial charge in [0.05, 0.1) is 13.2 Å². The Labute approximate surface area is 175 Å². The van der Waals surface area contributed by atoms with Gasteiger partial charge in [0, 0.05) is 44.7 Å². The monoisotopic (exact) mass is 409 g/mol. The fourth-order valence-corrected chi connectivity index (χ4v) is 3.34. The van der Waals surface area contributed by atoms with Crippen LogP contribution in [0.15, 0.2) is 36.4 Å². The Bertz CT molecular complexity index is 981. The van der Waals surface area contributed by atoms with Gasteiger partial charge in [-0.3, -0.25) is 9.69 Å². The van der Waals surface area contributed by atoms with Crippen LogP contribution in [0, 0.1) is 6.92 Å². The maximum Gasteiger partial charge on any atom is 0.224 e. The molecule has 9 heteroatoms. The molecule has 0 saturated carbocycles. The molecule has 1 aliphatic rings. The summed E-state index contributed by atoms with van der Waals surface area (Å²) in [7, 11) is 0. The summed E-state index contributed by atoms with van der Waals surface area (Å²) in [6.45, 7) is 7.28. The number of carbonyl (C=O) groups is 1. The van der Waals surface area contributed by atoms with Crippen LogP contribution >= 0.6 is 0 Å². The number of nitrogens with zero attached hydrogens (tertiary/aromatic N) is 5. The van der Waals surface area contributed by atoms with Gasteiger partial charge in [-0.2, -0.15) is 4.52 Å². The summed E-state index contributed by atoms with van der Waals surface area (Å²) in [6.07, 6.45) is 0.772. The molecule has 1 fully saturated rings. The third-order valence-electron chi connectivity index (χ3n) is 5.08. The predicted octanol–water partition coefficient (Wildman–Crippen LogP) is 1.75. The fraction of sp³-hybridized carbons (Fsp3) is 0.429. The summed E-state index contributed by atoms with van der Waals surface area (Å²) >= 11 is 0. The summed E-state index contributed by atoms with van der Waals surface area (Å²) in [5.41, 5.74) is 2.62. The van der Waals surface area contributed by atoms with Crippen molar-refractivity contribution in [1.82, 2.24) is 24.7 Å². The molecule has 2 N–H and O–H groups in total. The fourth-order valence-electron chi connectivity index (χ4n) is 3.34. The maximum atomic E-state index is 12.3. The van der Waals surface area contributed by atoms with E-state index in [0.29, 0.717) is 24.3 Å². The molecule has 1 aromatic carbocycles. The lowest BCUT2D eigenvalue weighted by Crippen LogP contribution is -2.39. The van der Waals surface area contributed by atoms with Crippen molar-refractivity contribution in [1.29, 1.82) is 0 Å². The number of nitrogens with one attached hydrogen (secondary N) is 2. The van der Waals surface area contributed by atoms with E-state index in [1.807, 2.05) is 43.3 Å². The third-order valence-corrected chi connectivity index (χ3v) is 5.08. The normalized spacial score (nSPS) is 14.7. The number of morpholine rings is 1. The Hall–Kier alpha value is -3.04. The highest BCUT2D eigenvalue weighted by Gasteiger charge is 2.12. The van der Waals surface area contributed by atoms with E-state index in [1.54, 1.807) is 4.52 Å². The zero-order valence-electron chi connectivity index (χ0n) is 17.2. The van der Waals surface area contributed by atoms with Gasteiger partial charge in [-0.05, 0) is 31.2 Å². The molecule has 0 bridgehead atoms. The first-order chi connectivity index (χ1) is 14.7. The third kappa shape index (κ3) is 5.31. The number of ether oxygens (including phenoxy) is 1. The lowest BCUT2D eigenvalue weighted by Gasteiger charge is -2.26. The molecule has 1 aliphatic heterocycles. The lowest BCUT2D eigenvalue weighted by molar-refractivity contribution is -0.116.